The molecule has 2 aliphatic rings. The second-order valence-electron chi connectivity index (χ2n) is 7.79. The minimum Gasteiger partial charge on any atom is -0.375 e. The number of carbonyl (C=O) groups excluding carboxylic acids is 1. The molecule has 0 aromatic carbocycles. The summed E-state index contributed by atoms with van der Waals surface area (Å²) in [4.78, 5) is 30.8. The van der Waals surface area contributed by atoms with Crippen LogP contribution in [-0.4, -0.2) is 64.1 Å². The number of imidazole rings is 1. The Morgan fingerprint density at radius 3 is 2.86 bits per heavy atom. The number of hydrogen-bond acceptors (Lipinski definition) is 6. The summed E-state index contributed by atoms with van der Waals surface area (Å²) in [6.07, 6.45) is 8.43. The number of nitrogens with one attached hydrogen (secondary N) is 2. The lowest BCUT2D eigenvalue weighted by Gasteiger charge is -2.39. The first kappa shape index (κ1) is 18.9. The van der Waals surface area contributed by atoms with Crippen molar-refractivity contribution in [2.45, 2.75) is 44.4 Å². The average molecular weight is 384 g/mol. The van der Waals surface area contributed by atoms with Gasteiger partial charge < -0.3 is 19.9 Å². The van der Waals surface area contributed by atoms with Crippen LogP contribution >= 0.6 is 0 Å². The molecule has 2 N–H and O–H groups in total. The maximum atomic E-state index is 12.1. The van der Waals surface area contributed by atoms with E-state index in [1.54, 1.807) is 13.4 Å². The maximum absolute atomic E-state index is 12.1. The van der Waals surface area contributed by atoms with E-state index >= 15 is 0 Å². The normalized spacial score (nSPS) is 17.7. The molecule has 1 saturated heterocycles. The van der Waals surface area contributed by atoms with Gasteiger partial charge in [0.05, 0.1) is 12.0 Å². The molecular formula is C20H28N6O2. The molecule has 8 nitrogen and oxygen atoms in total. The minimum absolute atomic E-state index is 0.0761. The summed E-state index contributed by atoms with van der Waals surface area (Å²) >= 11 is 0. The van der Waals surface area contributed by atoms with Crippen molar-refractivity contribution < 1.29 is 9.53 Å². The summed E-state index contributed by atoms with van der Waals surface area (Å²) in [7, 11) is 1.57. The number of anilines is 1. The number of fused-ring (bicyclic) bond motifs is 2. The summed E-state index contributed by atoms with van der Waals surface area (Å²) < 4.78 is 5.00. The molecule has 2 aromatic heterocycles. The summed E-state index contributed by atoms with van der Waals surface area (Å²) in [6, 6.07) is 0. The molecular weight excluding hydrogens is 356 g/mol. The third kappa shape index (κ3) is 3.61. The van der Waals surface area contributed by atoms with Gasteiger partial charge in [0.2, 0.25) is 5.91 Å². The topological polar surface area (TPSA) is 96.0 Å². The quantitative estimate of drug-likeness (QED) is 0.786. The zero-order valence-corrected chi connectivity index (χ0v) is 16.6. The first-order valence-corrected chi connectivity index (χ1v) is 9.97. The third-order valence-electron chi connectivity index (χ3n) is 6.06. The Kier molecular flexibility index (Phi) is 5.30. The highest BCUT2D eigenvalue weighted by molar-refractivity contribution is 5.77. The van der Waals surface area contributed by atoms with Crippen LogP contribution in [0.2, 0.25) is 0 Å². The molecule has 1 fully saturated rings. The smallest absolute Gasteiger partial charge is 0.248 e. The van der Waals surface area contributed by atoms with E-state index in [0.717, 1.165) is 69.1 Å². The Bertz CT molecular complexity index is 827. The number of aryl methyl sites for hydroxylation is 1. The van der Waals surface area contributed by atoms with Gasteiger partial charge in [-0.3, -0.25) is 4.79 Å². The van der Waals surface area contributed by atoms with Crippen LogP contribution in [0.1, 0.15) is 42.0 Å². The van der Waals surface area contributed by atoms with Crippen LogP contribution in [0.4, 0.5) is 5.82 Å². The van der Waals surface area contributed by atoms with Crippen molar-refractivity contribution in [3.8, 4) is 0 Å². The van der Waals surface area contributed by atoms with Gasteiger partial charge in [-0.1, -0.05) is 0 Å². The van der Waals surface area contributed by atoms with Crippen molar-refractivity contribution in [1.82, 2.24) is 24.8 Å². The van der Waals surface area contributed by atoms with Gasteiger partial charge in [-0.05, 0) is 32.6 Å². The van der Waals surface area contributed by atoms with Crippen molar-refractivity contribution in [1.29, 1.82) is 0 Å². The fraction of sp³-hybridized carbons (Fsp3) is 0.600. The second kappa shape index (κ2) is 7.87. The number of rotatable bonds is 6. The number of H-pyrrole nitrogens is 1. The van der Waals surface area contributed by atoms with Gasteiger partial charge in [0, 0.05) is 56.0 Å². The van der Waals surface area contributed by atoms with Crippen molar-refractivity contribution in [2.24, 2.45) is 0 Å². The lowest BCUT2D eigenvalue weighted by Crippen LogP contribution is -2.45. The molecule has 1 aliphatic carbocycles. The number of carbonyl (C=O) groups is 1. The predicted octanol–water partition coefficient (Wildman–Crippen LogP) is 1.62. The van der Waals surface area contributed by atoms with E-state index in [1.165, 1.54) is 11.3 Å². The van der Waals surface area contributed by atoms with E-state index in [2.05, 4.69) is 20.3 Å². The van der Waals surface area contributed by atoms with Gasteiger partial charge in [0.15, 0.2) is 0 Å². The zero-order chi connectivity index (χ0) is 19.6. The Morgan fingerprint density at radius 1 is 1.32 bits per heavy atom. The van der Waals surface area contributed by atoms with Crippen LogP contribution < -0.4 is 5.32 Å². The summed E-state index contributed by atoms with van der Waals surface area (Å²) in [6.45, 7) is 4.47. The number of piperidine rings is 1. The van der Waals surface area contributed by atoms with E-state index in [4.69, 9.17) is 9.72 Å². The number of likely N-dealkylation sites (tertiary alicyclic amines) is 1. The second-order valence-corrected chi connectivity index (χ2v) is 7.79. The largest absolute Gasteiger partial charge is 0.375 e. The van der Waals surface area contributed by atoms with Crippen molar-refractivity contribution in [3.63, 3.8) is 0 Å². The van der Waals surface area contributed by atoms with Gasteiger partial charge in [0.1, 0.15) is 18.2 Å². The van der Waals surface area contributed by atoms with Gasteiger partial charge in [-0.15, -0.1) is 0 Å². The van der Waals surface area contributed by atoms with E-state index in [1.807, 2.05) is 18.0 Å². The summed E-state index contributed by atoms with van der Waals surface area (Å²) in [5.74, 6) is 1.86. The van der Waals surface area contributed by atoms with E-state index in [-0.39, 0.29) is 17.9 Å². The molecule has 1 amide bonds. The maximum Gasteiger partial charge on any atom is 0.248 e. The Hall–Kier alpha value is -2.48. The first-order valence-electron chi connectivity index (χ1n) is 9.97. The molecule has 3 heterocycles. The van der Waals surface area contributed by atoms with E-state index < -0.39 is 0 Å². The standard InChI is InChI=1S/C20H28N6O2/c1-14-24-18-16(19(25-14)22-8-4-15-11-21-13-23-15)3-5-20(18)6-9-26(10-7-20)17(27)12-28-2/h11,13H,3-10,12H2,1-2H3,(H,21,23)(H,22,24,25). The fourth-order valence-corrected chi connectivity index (χ4v) is 4.52. The van der Waals surface area contributed by atoms with Gasteiger partial charge >= 0.3 is 0 Å². The molecule has 0 atom stereocenters. The summed E-state index contributed by atoms with van der Waals surface area (Å²) in [5.41, 5.74) is 3.64. The molecule has 28 heavy (non-hydrogen) atoms. The zero-order valence-electron chi connectivity index (χ0n) is 16.6. The van der Waals surface area contributed by atoms with Gasteiger partial charge in [0.25, 0.3) is 0 Å². The van der Waals surface area contributed by atoms with Crippen molar-refractivity contribution >= 4 is 11.7 Å². The lowest BCUT2D eigenvalue weighted by molar-refractivity contribution is -0.136. The predicted molar refractivity (Wildman–Crippen MR) is 105 cm³/mol. The third-order valence-corrected chi connectivity index (χ3v) is 6.06. The molecule has 150 valence electrons. The van der Waals surface area contributed by atoms with Crippen molar-refractivity contribution in [3.05, 3.63) is 35.3 Å². The average Bonchev–Trinajstić information content (AvgIpc) is 3.32. The van der Waals surface area contributed by atoms with Crippen LogP contribution in [0, 0.1) is 6.92 Å². The Labute approximate surface area is 165 Å². The highest BCUT2D eigenvalue weighted by atomic mass is 16.5. The van der Waals surface area contributed by atoms with Crippen LogP contribution in [0.3, 0.4) is 0 Å². The monoisotopic (exact) mass is 384 g/mol. The van der Waals surface area contributed by atoms with Gasteiger partial charge in [-0.25, -0.2) is 15.0 Å². The van der Waals surface area contributed by atoms with E-state index in [9.17, 15) is 4.79 Å². The molecule has 1 spiro atoms. The van der Waals surface area contributed by atoms with Crippen LogP contribution in [0.15, 0.2) is 12.5 Å². The van der Waals surface area contributed by atoms with Crippen LogP contribution in [0.25, 0.3) is 0 Å². The highest BCUT2D eigenvalue weighted by Gasteiger charge is 2.44. The number of amides is 1. The number of hydrogen-bond donors (Lipinski definition) is 2. The molecule has 1 aliphatic heterocycles. The molecule has 0 bridgehead atoms. The number of aromatic nitrogens is 4. The summed E-state index contributed by atoms with van der Waals surface area (Å²) in [5, 5.41) is 3.51. The van der Waals surface area contributed by atoms with Crippen LogP contribution in [0.5, 0.6) is 0 Å². The Balaban J connectivity index is 1.47. The number of nitrogens with zero attached hydrogens (tertiary/aromatic N) is 4. The number of ether oxygens (including phenoxy) is 1. The number of aromatic amines is 1. The molecule has 4 rings (SSSR count). The molecule has 0 saturated carbocycles. The van der Waals surface area contributed by atoms with Crippen molar-refractivity contribution in [2.75, 3.05) is 38.7 Å². The minimum atomic E-state index is 0.0761. The SMILES string of the molecule is COCC(=O)N1CCC2(CCc3c(NCCc4cnc[nH]4)nc(C)nc32)CC1. The molecule has 0 radical (unpaired) electrons. The molecule has 0 unspecified atom stereocenters. The lowest BCUT2D eigenvalue weighted by atomic mass is 9.76. The molecule has 8 heteroatoms. The van der Waals surface area contributed by atoms with Crippen LogP contribution in [-0.2, 0) is 27.8 Å². The first-order chi connectivity index (χ1) is 13.6. The van der Waals surface area contributed by atoms with E-state index in [0.29, 0.717) is 0 Å². The molecule has 2 aromatic rings. The fourth-order valence-electron chi connectivity index (χ4n) is 4.52. The van der Waals surface area contributed by atoms with Gasteiger partial charge in [-0.2, -0.15) is 0 Å². The number of methoxy groups -OCH3 is 1. The Morgan fingerprint density at radius 2 is 2.14 bits per heavy atom. The highest BCUT2D eigenvalue weighted by Crippen LogP contribution is 2.46.